The summed E-state index contributed by atoms with van der Waals surface area (Å²) in [5.41, 5.74) is 0.720. The summed E-state index contributed by atoms with van der Waals surface area (Å²) < 4.78 is 10.6. The van der Waals surface area contributed by atoms with E-state index < -0.39 is 0 Å². The Kier molecular flexibility index (Phi) is 7.57. The van der Waals surface area contributed by atoms with E-state index >= 15 is 0 Å². The molecule has 2 aliphatic heterocycles. The van der Waals surface area contributed by atoms with Crippen LogP contribution in [-0.2, 0) is 16.1 Å². The number of carbonyl (C=O) groups is 1. The molecule has 2 fully saturated rings. The maximum absolute atomic E-state index is 12.7. The zero-order valence-corrected chi connectivity index (χ0v) is 17.4. The van der Waals surface area contributed by atoms with Crippen molar-refractivity contribution < 1.29 is 19.4 Å². The lowest BCUT2D eigenvalue weighted by molar-refractivity contribution is -0.140. The van der Waals surface area contributed by atoms with Gasteiger partial charge in [0.2, 0.25) is 5.91 Å². The van der Waals surface area contributed by atoms with E-state index in [0.717, 1.165) is 44.0 Å². The molecule has 8 heteroatoms. The van der Waals surface area contributed by atoms with Gasteiger partial charge in [0.15, 0.2) is 5.96 Å². The molecule has 2 saturated heterocycles. The lowest BCUT2D eigenvalue weighted by Gasteiger charge is -2.36. The number of phenolic OH excluding ortho intramolecular Hbond substituents is 1. The Bertz CT molecular complexity index is 711. The average molecular weight is 405 g/mol. The molecule has 0 radical (unpaired) electrons. The zero-order chi connectivity index (χ0) is 20.6. The van der Waals surface area contributed by atoms with Gasteiger partial charge in [-0.05, 0) is 38.0 Å². The first kappa shape index (κ1) is 21.2. The quantitative estimate of drug-likeness (QED) is 0.571. The van der Waals surface area contributed by atoms with E-state index in [0.29, 0.717) is 38.6 Å². The van der Waals surface area contributed by atoms with E-state index in [4.69, 9.17) is 14.5 Å². The Balaban J connectivity index is 1.60. The molecule has 8 nitrogen and oxygen atoms in total. The fraction of sp³-hybridized carbons (Fsp3) is 0.619. The maximum atomic E-state index is 12.7. The van der Waals surface area contributed by atoms with E-state index in [-0.39, 0.29) is 17.6 Å². The van der Waals surface area contributed by atoms with Crippen LogP contribution in [0.15, 0.2) is 23.2 Å². The molecular formula is C21H32N4O4. The highest BCUT2D eigenvalue weighted by molar-refractivity contribution is 5.82. The summed E-state index contributed by atoms with van der Waals surface area (Å²) in [5.74, 6) is 2.05. The molecule has 29 heavy (non-hydrogen) atoms. The lowest BCUT2D eigenvalue weighted by atomic mass is 9.95. The third kappa shape index (κ3) is 5.53. The van der Waals surface area contributed by atoms with Crippen LogP contribution >= 0.6 is 0 Å². The molecule has 2 aliphatic rings. The third-order valence-corrected chi connectivity index (χ3v) is 5.49. The minimum Gasteiger partial charge on any atom is -0.508 e. The van der Waals surface area contributed by atoms with Gasteiger partial charge in [-0.2, -0.15) is 0 Å². The molecule has 0 aromatic heterocycles. The molecule has 0 spiro atoms. The highest BCUT2D eigenvalue weighted by Gasteiger charge is 2.30. The molecule has 0 unspecified atom stereocenters. The van der Waals surface area contributed by atoms with Crippen LogP contribution in [0.5, 0.6) is 11.5 Å². The van der Waals surface area contributed by atoms with Crippen LogP contribution in [0, 0.1) is 5.92 Å². The van der Waals surface area contributed by atoms with E-state index in [9.17, 15) is 9.90 Å². The van der Waals surface area contributed by atoms with Crippen LogP contribution in [0.1, 0.15) is 25.3 Å². The molecule has 1 aromatic carbocycles. The number of carbonyl (C=O) groups excluding carboxylic acids is 1. The van der Waals surface area contributed by atoms with Crippen LogP contribution < -0.4 is 10.1 Å². The Hall–Kier alpha value is -2.48. The van der Waals surface area contributed by atoms with Crippen LogP contribution in [0.25, 0.3) is 0 Å². The van der Waals surface area contributed by atoms with E-state index in [1.54, 1.807) is 25.3 Å². The molecule has 0 aliphatic carbocycles. The Labute approximate surface area is 172 Å². The van der Waals surface area contributed by atoms with Crippen molar-refractivity contribution >= 4 is 11.9 Å². The van der Waals surface area contributed by atoms with Gasteiger partial charge in [0.25, 0.3) is 0 Å². The van der Waals surface area contributed by atoms with Crippen molar-refractivity contribution in [2.75, 3.05) is 53.0 Å². The smallest absolute Gasteiger partial charge is 0.225 e. The summed E-state index contributed by atoms with van der Waals surface area (Å²) in [6, 6.07) is 5.15. The second kappa shape index (κ2) is 10.3. The first-order valence-electron chi connectivity index (χ1n) is 10.4. The Morgan fingerprint density at radius 1 is 1.24 bits per heavy atom. The molecule has 1 amide bonds. The number of hydrogen-bond donors (Lipinski definition) is 2. The molecule has 160 valence electrons. The first-order valence-corrected chi connectivity index (χ1v) is 10.4. The van der Waals surface area contributed by atoms with Gasteiger partial charge >= 0.3 is 0 Å². The number of aromatic hydroxyl groups is 1. The van der Waals surface area contributed by atoms with Crippen LogP contribution in [0.4, 0.5) is 0 Å². The number of morpholine rings is 1. The Morgan fingerprint density at radius 2 is 1.97 bits per heavy atom. The SMILES string of the molecule is CCNC(=NCc1cc(OC)ccc1O)N1CCC(C(=O)N2CCOCC2)CC1. The van der Waals surface area contributed by atoms with Gasteiger partial charge in [-0.3, -0.25) is 4.79 Å². The van der Waals surface area contributed by atoms with Gasteiger partial charge in [0, 0.05) is 44.2 Å². The number of nitrogens with one attached hydrogen (secondary N) is 1. The molecule has 0 bridgehead atoms. The number of guanidine groups is 1. The van der Waals surface area contributed by atoms with Gasteiger partial charge in [-0.1, -0.05) is 0 Å². The fourth-order valence-electron chi connectivity index (χ4n) is 3.78. The number of piperidine rings is 1. The van der Waals surface area contributed by atoms with Crippen molar-refractivity contribution in [3.63, 3.8) is 0 Å². The number of phenols is 1. The molecular weight excluding hydrogens is 372 g/mol. The number of nitrogens with zero attached hydrogens (tertiary/aromatic N) is 3. The number of likely N-dealkylation sites (tertiary alicyclic amines) is 1. The topological polar surface area (TPSA) is 86.6 Å². The molecule has 0 saturated carbocycles. The van der Waals surface area contributed by atoms with Crippen molar-refractivity contribution in [3.8, 4) is 11.5 Å². The van der Waals surface area contributed by atoms with Crippen molar-refractivity contribution in [3.05, 3.63) is 23.8 Å². The lowest BCUT2D eigenvalue weighted by Crippen LogP contribution is -2.50. The molecule has 0 atom stereocenters. The maximum Gasteiger partial charge on any atom is 0.225 e. The number of benzene rings is 1. The second-order valence-electron chi connectivity index (χ2n) is 7.36. The van der Waals surface area contributed by atoms with Gasteiger partial charge in [0.05, 0.1) is 26.9 Å². The number of methoxy groups -OCH3 is 1. The standard InChI is InChI=1S/C21H32N4O4/c1-3-22-21(23-15-17-14-18(28-2)4-5-19(17)26)25-8-6-16(7-9-25)20(27)24-10-12-29-13-11-24/h4-5,14,16,26H,3,6-13,15H2,1-2H3,(H,22,23). The van der Waals surface area contributed by atoms with E-state index in [1.807, 2.05) is 11.8 Å². The molecule has 2 heterocycles. The van der Waals surface area contributed by atoms with Crippen molar-refractivity contribution in [2.45, 2.75) is 26.3 Å². The number of rotatable bonds is 5. The normalized spacial score (nSPS) is 18.6. The highest BCUT2D eigenvalue weighted by Crippen LogP contribution is 2.24. The van der Waals surface area contributed by atoms with Crippen molar-refractivity contribution in [1.29, 1.82) is 0 Å². The summed E-state index contributed by atoms with van der Waals surface area (Å²) in [5, 5.41) is 13.4. The van der Waals surface area contributed by atoms with Gasteiger partial charge < -0.3 is 29.7 Å². The van der Waals surface area contributed by atoms with Gasteiger partial charge in [0.1, 0.15) is 11.5 Å². The van der Waals surface area contributed by atoms with Crippen LogP contribution in [-0.4, -0.2) is 79.8 Å². The number of ether oxygens (including phenoxy) is 2. The van der Waals surface area contributed by atoms with Gasteiger partial charge in [-0.15, -0.1) is 0 Å². The minimum absolute atomic E-state index is 0.0784. The summed E-state index contributed by atoms with van der Waals surface area (Å²) in [7, 11) is 1.60. The third-order valence-electron chi connectivity index (χ3n) is 5.49. The van der Waals surface area contributed by atoms with E-state index in [2.05, 4.69) is 10.2 Å². The fourth-order valence-corrected chi connectivity index (χ4v) is 3.78. The highest BCUT2D eigenvalue weighted by atomic mass is 16.5. The summed E-state index contributed by atoms with van der Waals surface area (Å²) >= 11 is 0. The predicted octanol–water partition coefficient (Wildman–Crippen LogP) is 1.44. The summed E-state index contributed by atoms with van der Waals surface area (Å²) in [4.78, 5) is 21.6. The Morgan fingerprint density at radius 3 is 2.62 bits per heavy atom. The molecule has 2 N–H and O–H groups in total. The van der Waals surface area contributed by atoms with Crippen molar-refractivity contribution in [1.82, 2.24) is 15.1 Å². The van der Waals surface area contributed by atoms with Crippen LogP contribution in [0.3, 0.4) is 0 Å². The van der Waals surface area contributed by atoms with E-state index in [1.165, 1.54) is 0 Å². The molecule has 3 rings (SSSR count). The van der Waals surface area contributed by atoms with Crippen molar-refractivity contribution in [2.24, 2.45) is 10.9 Å². The first-order chi connectivity index (χ1) is 14.1. The summed E-state index contributed by atoms with van der Waals surface area (Å²) in [6.45, 7) is 7.41. The number of amides is 1. The summed E-state index contributed by atoms with van der Waals surface area (Å²) in [6.07, 6.45) is 1.65. The number of hydrogen-bond acceptors (Lipinski definition) is 5. The predicted molar refractivity (Wildman–Crippen MR) is 111 cm³/mol. The molecule has 1 aromatic rings. The second-order valence-corrected chi connectivity index (χ2v) is 7.36. The monoisotopic (exact) mass is 404 g/mol. The largest absolute Gasteiger partial charge is 0.508 e. The zero-order valence-electron chi connectivity index (χ0n) is 17.4. The minimum atomic E-state index is 0.0784. The average Bonchev–Trinajstić information content (AvgIpc) is 2.78. The van der Waals surface area contributed by atoms with Gasteiger partial charge in [-0.25, -0.2) is 4.99 Å². The number of aliphatic imine (C=N–C) groups is 1. The van der Waals surface area contributed by atoms with Crippen LogP contribution in [0.2, 0.25) is 0 Å².